The van der Waals surface area contributed by atoms with E-state index in [0.717, 1.165) is 50.4 Å². The highest BCUT2D eigenvalue weighted by Crippen LogP contribution is 2.31. The zero-order valence-electron chi connectivity index (χ0n) is 13.8. The number of aromatic nitrogens is 2. The molecule has 5 heteroatoms. The number of furan rings is 1. The third kappa shape index (κ3) is 3.84. The highest BCUT2D eigenvalue weighted by molar-refractivity contribution is 5.76. The number of carbonyl (C=O) groups excluding carboxylic acids is 1. The second-order valence-corrected chi connectivity index (χ2v) is 6.24. The van der Waals surface area contributed by atoms with Gasteiger partial charge in [-0.15, -0.1) is 0 Å². The first-order chi connectivity index (χ1) is 11.3. The van der Waals surface area contributed by atoms with Crippen LogP contribution in [0.1, 0.15) is 56.2 Å². The van der Waals surface area contributed by atoms with Crippen molar-refractivity contribution in [1.82, 2.24) is 14.5 Å². The van der Waals surface area contributed by atoms with Crippen LogP contribution >= 0.6 is 0 Å². The average molecular weight is 315 g/mol. The predicted octanol–water partition coefficient (Wildman–Crippen LogP) is 3.71. The molecule has 124 valence electrons. The molecular weight excluding hydrogens is 290 g/mol. The summed E-state index contributed by atoms with van der Waals surface area (Å²) in [5.41, 5.74) is 0. The summed E-state index contributed by atoms with van der Waals surface area (Å²) in [4.78, 5) is 19.0. The van der Waals surface area contributed by atoms with Crippen LogP contribution in [0, 0.1) is 6.92 Å². The monoisotopic (exact) mass is 315 g/mol. The molecule has 5 nitrogen and oxygen atoms in total. The lowest BCUT2D eigenvalue weighted by Crippen LogP contribution is -2.34. The van der Waals surface area contributed by atoms with E-state index in [1.807, 2.05) is 30.2 Å². The topological polar surface area (TPSA) is 51.3 Å². The van der Waals surface area contributed by atoms with Gasteiger partial charge in [-0.3, -0.25) is 4.79 Å². The molecule has 0 aliphatic carbocycles. The van der Waals surface area contributed by atoms with Gasteiger partial charge in [0.15, 0.2) is 0 Å². The first-order valence-corrected chi connectivity index (χ1v) is 8.56. The third-order valence-electron chi connectivity index (χ3n) is 4.66. The van der Waals surface area contributed by atoms with Gasteiger partial charge in [-0.05, 0) is 38.3 Å². The Bertz CT molecular complexity index is 618. The van der Waals surface area contributed by atoms with Crippen LogP contribution in [0.15, 0.2) is 35.2 Å². The molecule has 1 saturated heterocycles. The van der Waals surface area contributed by atoms with Crippen molar-refractivity contribution >= 4 is 5.91 Å². The Hall–Kier alpha value is -2.04. The molecule has 3 rings (SSSR count). The quantitative estimate of drug-likeness (QED) is 0.845. The van der Waals surface area contributed by atoms with Crippen LogP contribution in [-0.2, 0) is 11.3 Å². The fourth-order valence-corrected chi connectivity index (χ4v) is 3.37. The molecule has 1 fully saturated rings. The lowest BCUT2D eigenvalue weighted by atomic mass is 10.1. The number of carbonyl (C=O) groups is 1. The summed E-state index contributed by atoms with van der Waals surface area (Å²) in [6.45, 7) is 3.68. The van der Waals surface area contributed by atoms with Crippen molar-refractivity contribution in [1.29, 1.82) is 0 Å². The molecule has 0 N–H and O–H groups in total. The van der Waals surface area contributed by atoms with Gasteiger partial charge >= 0.3 is 0 Å². The number of amides is 1. The van der Waals surface area contributed by atoms with Crippen molar-refractivity contribution in [2.75, 3.05) is 6.54 Å². The molecule has 1 aliphatic rings. The van der Waals surface area contributed by atoms with E-state index in [1.165, 1.54) is 6.42 Å². The van der Waals surface area contributed by atoms with Crippen molar-refractivity contribution in [3.63, 3.8) is 0 Å². The maximum absolute atomic E-state index is 12.7. The summed E-state index contributed by atoms with van der Waals surface area (Å²) in [6, 6.07) is 4.01. The summed E-state index contributed by atoms with van der Waals surface area (Å²) in [7, 11) is 0. The van der Waals surface area contributed by atoms with Gasteiger partial charge in [-0.1, -0.05) is 12.8 Å². The van der Waals surface area contributed by atoms with E-state index < -0.39 is 0 Å². The van der Waals surface area contributed by atoms with E-state index in [4.69, 9.17) is 4.42 Å². The van der Waals surface area contributed by atoms with Gasteiger partial charge < -0.3 is 13.9 Å². The largest absolute Gasteiger partial charge is 0.467 e. The van der Waals surface area contributed by atoms with Crippen molar-refractivity contribution in [3.05, 3.63) is 42.4 Å². The van der Waals surface area contributed by atoms with E-state index in [-0.39, 0.29) is 11.9 Å². The maximum atomic E-state index is 12.7. The number of likely N-dealkylation sites (tertiary alicyclic amines) is 1. The highest BCUT2D eigenvalue weighted by Gasteiger charge is 2.28. The minimum absolute atomic E-state index is 0.106. The molecular formula is C18H25N3O2. The van der Waals surface area contributed by atoms with E-state index in [1.54, 1.807) is 12.5 Å². The van der Waals surface area contributed by atoms with Gasteiger partial charge in [0.05, 0.1) is 12.3 Å². The zero-order valence-corrected chi connectivity index (χ0v) is 13.8. The van der Waals surface area contributed by atoms with E-state index >= 15 is 0 Å². The van der Waals surface area contributed by atoms with Crippen LogP contribution in [0.2, 0.25) is 0 Å². The molecule has 0 unspecified atom stereocenters. The molecule has 0 radical (unpaired) electrons. The van der Waals surface area contributed by atoms with Gasteiger partial charge in [-0.2, -0.15) is 0 Å². The molecule has 0 spiro atoms. The van der Waals surface area contributed by atoms with Crippen LogP contribution in [0.5, 0.6) is 0 Å². The summed E-state index contributed by atoms with van der Waals surface area (Å²) < 4.78 is 7.68. The van der Waals surface area contributed by atoms with Crippen LogP contribution in [0.3, 0.4) is 0 Å². The van der Waals surface area contributed by atoms with E-state index in [2.05, 4.69) is 9.55 Å². The molecule has 2 aromatic rings. The van der Waals surface area contributed by atoms with Gasteiger partial charge in [-0.25, -0.2) is 4.98 Å². The fourth-order valence-electron chi connectivity index (χ4n) is 3.37. The Morgan fingerprint density at radius 3 is 3.04 bits per heavy atom. The van der Waals surface area contributed by atoms with Gasteiger partial charge in [0.2, 0.25) is 5.91 Å². The Labute approximate surface area is 137 Å². The number of hydrogen-bond donors (Lipinski definition) is 0. The Morgan fingerprint density at radius 1 is 1.39 bits per heavy atom. The SMILES string of the molecule is Cc1nccn1CCCC(=O)N1CCCCC[C@H]1c1ccco1. The van der Waals surface area contributed by atoms with Crippen molar-refractivity contribution in [2.45, 2.75) is 58.0 Å². The summed E-state index contributed by atoms with van der Waals surface area (Å²) >= 11 is 0. The smallest absolute Gasteiger partial charge is 0.223 e. The normalized spacial score (nSPS) is 18.8. The number of imidazole rings is 1. The van der Waals surface area contributed by atoms with Crippen LogP contribution in [0.25, 0.3) is 0 Å². The van der Waals surface area contributed by atoms with Crippen molar-refractivity contribution in [3.8, 4) is 0 Å². The molecule has 0 bridgehead atoms. The first kappa shape index (κ1) is 15.8. The second kappa shape index (κ2) is 7.49. The highest BCUT2D eigenvalue weighted by atomic mass is 16.3. The third-order valence-corrected chi connectivity index (χ3v) is 4.66. The molecule has 3 heterocycles. The predicted molar refractivity (Wildman–Crippen MR) is 87.8 cm³/mol. The van der Waals surface area contributed by atoms with Crippen LogP contribution in [-0.4, -0.2) is 26.9 Å². The number of aryl methyl sites for hydroxylation is 2. The number of hydrogen-bond acceptors (Lipinski definition) is 3. The molecule has 1 atom stereocenters. The standard InChI is InChI=1S/C18H25N3O2/c1-15-19-10-13-20(15)11-5-9-18(22)21-12-4-2-3-7-16(21)17-8-6-14-23-17/h6,8,10,13-14,16H,2-5,7,9,11-12H2,1H3/t16-/m0/s1. The van der Waals surface area contributed by atoms with E-state index in [9.17, 15) is 4.79 Å². The maximum Gasteiger partial charge on any atom is 0.223 e. The molecule has 23 heavy (non-hydrogen) atoms. The summed E-state index contributed by atoms with van der Waals surface area (Å²) in [5.74, 6) is 2.16. The summed E-state index contributed by atoms with van der Waals surface area (Å²) in [5, 5.41) is 0. The van der Waals surface area contributed by atoms with Gasteiger partial charge in [0.1, 0.15) is 11.6 Å². The molecule has 2 aromatic heterocycles. The molecule has 0 aromatic carbocycles. The van der Waals surface area contributed by atoms with Gasteiger partial charge in [0.25, 0.3) is 0 Å². The lowest BCUT2D eigenvalue weighted by molar-refractivity contribution is -0.134. The van der Waals surface area contributed by atoms with Crippen LogP contribution in [0.4, 0.5) is 0 Å². The second-order valence-electron chi connectivity index (χ2n) is 6.24. The van der Waals surface area contributed by atoms with Crippen molar-refractivity contribution < 1.29 is 9.21 Å². The minimum atomic E-state index is 0.106. The number of nitrogens with zero attached hydrogens (tertiary/aromatic N) is 3. The van der Waals surface area contributed by atoms with Crippen molar-refractivity contribution in [2.24, 2.45) is 0 Å². The first-order valence-electron chi connectivity index (χ1n) is 8.56. The summed E-state index contributed by atoms with van der Waals surface area (Å²) in [6.07, 6.45) is 11.3. The fraction of sp³-hybridized carbons (Fsp3) is 0.556. The Morgan fingerprint density at radius 2 is 2.30 bits per heavy atom. The van der Waals surface area contributed by atoms with Crippen LogP contribution < -0.4 is 0 Å². The number of rotatable bonds is 5. The molecule has 0 saturated carbocycles. The molecule has 1 amide bonds. The van der Waals surface area contributed by atoms with E-state index in [0.29, 0.717) is 6.42 Å². The average Bonchev–Trinajstić information content (AvgIpc) is 3.14. The Kier molecular flexibility index (Phi) is 5.16. The lowest BCUT2D eigenvalue weighted by Gasteiger charge is -2.28. The zero-order chi connectivity index (χ0) is 16.1. The Balaban J connectivity index is 1.60. The molecule has 1 aliphatic heterocycles. The minimum Gasteiger partial charge on any atom is -0.467 e. The van der Waals surface area contributed by atoms with Gasteiger partial charge in [0, 0.05) is 31.9 Å².